The number of benzene rings is 2. The van der Waals surface area contributed by atoms with Gasteiger partial charge in [-0.25, -0.2) is 0 Å². The minimum absolute atomic E-state index is 0.125. The molecule has 6 nitrogen and oxygen atoms in total. The van der Waals surface area contributed by atoms with Crippen LogP contribution in [0.15, 0.2) is 60.8 Å². The number of hydrogen-bond acceptors (Lipinski definition) is 4. The number of carbonyl (C=O) groups is 1. The van der Waals surface area contributed by atoms with Crippen LogP contribution in [0.3, 0.4) is 0 Å². The summed E-state index contributed by atoms with van der Waals surface area (Å²) in [5.74, 6) is 1.74. The lowest BCUT2D eigenvalue weighted by atomic mass is 10.1. The van der Waals surface area contributed by atoms with Crippen molar-refractivity contribution in [3.05, 3.63) is 66.4 Å². The molecule has 2 aromatic carbocycles. The molecule has 0 radical (unpaired) electrons. The Morgan fingerprint density at radius 3 is 2.59 bits per heavy atom. The number of carbonyl (C=O) groups excluding carboxylic acids is 1. The van der Waals surface area contributed by atoms with Gasteiger partial charge in [-0.15, -0.1) is 0 Å². The van der Waals surface area contributed by atoms with Crippen LogP contribution < -0.4 is 10.1 Å². The van der Waals surface area contributed by atoms with Crippen LogP contribution in [0.25, 0.3) is 11.3 Å². The van der Waals surface area contributed by atoms with Crippen molar-refractivity contribution in [2.24, 2.45) is 7.05 Å². The standard InChI is InChI=1S/C23H26N4O2/c1-17-14-24-22(28)12-13-27(17)16-19-15-26(2)25-23(19)18-8-10-21(11-9-18)29-20-6-4-3-5-7-20/h3-11,15,17H,12-14,16H2,1-2H3,(H,24,28). The van der Waals surface area contributed by atoms with E-state index in [1.807, 2.05) is 66.3 Å². The molecule has 0 bridgehead atoms. The molecular formula is C23H26N4O2. The zero-order valence-corrected chi connectivity index (χ0v) is 16.8. The van der Waals surface area contributed by atoms with Crippen molar-refractivity contribution in [3.63, 3.8) is 0 Å². The molecule has 1 saturated heterocycles. The average Bonchev–Trinajstić information content (AvgIpc) is 3.02. The average molecular weight is 390 g/mol. The molecule has 4 rings (SSSR count). The minimum Gasteiger partial charge on any atom is -0.457 e. The molecule has 1 aliphatic rings. The normalized spacial score (nSPS) is 17.6. The molecule has 1 amide bonds. The molecule has 1 aliphatic heterocycles. The lowest BCUT2D eigenvalue weighted by Crippen LogP contribution is -2.37. The quantitative estimate of drug-likeness (QED) is 0.723. The van der Waals surface area contributed by atoms with Crippen molar-refractivity contribution in [2.75, 3.05) is 13.1 Å². The minimum atomic E-state index is 0.125. The molecule has 0 aliphatic carbocycles. The number of hydrogen-bond donors (Lipinski definition) is 1. The van der Waals surface area contributed by atoms with Crippen molar-refractivity contribution in [1.82, 2.24) is 20.0 Å². The smallest absolute Gasteiger partial charge is 0.221 e. The second kappa shape index (κ2) is 8.49. The monoisotopic (exact) mass is 390 g/mol. The van der Waals surface area contributed by atoms with Gasteiger partial charge in [0, 0.05) is 56.5 Å². The fourth-order valence-corrected chi connectivity index (χ4v) is 3.60. The Morgan fingerprint density at radius 2 is 1.83 bits per heavy atom. The zero-order chi connectivity index (χ0) is 20.2. The highest BCUT2D eigenvalue weighted by molar-refractivity contribution is 5.76. The van der Waals surface area contributed by atoms with E-state index in [4.69, 9.17) is 9.84 Å². The Hall–Kier alpha value is -3.12. The first kappa shape index (κ1) is 19.2. The summed E-state index contributed by atoms with van der Waals surface area (Å²) in [6, 6.07) is 18.1. The number of ether oxygens (including phenoxy) is 1. The molecule has 0 spiro atoms. The Bertz CT molecular complexity index is 966. The summed E-state index contributed by atoms with van der Waals surface area (Å²) in [7, 11) is 1.94. The van der Waals surface area contributed by atoms with Gasteiger partial charge in [0.05, 0.1) is 5.69 Å². The van der Waals surface area contributed by atoms with Gasteiger partial charge in [-0.2, -0.15) is 5.10 Å². The Labute approximate surface area is 171 Å². The van der Waals surface area contributed by atoms with Crippen molar-refractivity contribution in [3.8, 4) is 22.8 Å². The highest BCUT2D eigenvalue weighted by atomic mass is 16.5. The predicted octanol–water partition coefficient (Wildman–Crippen LogP) is 3.59. The van der Waals surface area contributed by atoms with E-state index in [2.05, 4.69) is 23.3 Å². The lowest BCUT2D eigenvalue weighted by Gasteiger charge is -2.26. The number of amides is 1. The summed E-state index contributed by atoms with van der Waals surface area (Å²) < 4.78 is 7.74. The van der Waals surface area contributed by atoms with Crippen molar-refractivity contribution >= 4 is 5.91 Å². The Kier molecular flexibility index (Phi) is 5.62. The summed E-state index contributed by atoms with van der Waals surface area (Å²) in [6.07, 6.45) is 2.60. The van der Waals surface area contributed by atoms with Gasteiger partial charge in [0.1, 0.15) is 11.5 Å². The molecule has 1 aromatic heterocycles. The van der Waals surface area contributed by atoms with Gasteiger partial charge in [-0.05, 0) is 43.3 Å². The molecule has 1 unspecified atom stereocenters. The van der Waals surface area contributed by atoms with Gasteiger partial charge in [0.25, 0.3) is 0 Å². The first-order valence-electron chi connectivity index (χ1n) is 9.95. The number of nitrogens with one attached hydrogen (secondary N) is 1. The van der Waals surface area contributed by atoms with Gasteiger partial charge in [-0.1, -0.05) is 18.2 Å². The first-order valence-corrected chi connectivity index (χ1v) is 9.95. The van der Waals surface area contributed by atoms with E-state index in [-0.39, 0.29) is 11.9 Å². The maximum atomic E-state index is 11.7. The third-order valence-corrected chi connectivity index (χ3v) is 5.23. The number of aryl methyl sites for hydroxylation is 1. The molecule has 6 heteroatoms. The zero-order valence-electron chi connectivity index (χ0n) is 16.8. The maximum absolute atomic E-state index is 11.7. The largest absolute Gasteiger partial charge is 0.457 e. The lowest BCUT2D eigenvalue weighted by molar-refractivity contribution is -0.120. The summed E-state index contributed by atoms with van der Waals surface area (Å²) in [4.78, 5) is 14.1. The van der Waals surface area contributed by atoms with Crippen LogP contribution in [-0.2, 0) is 18.4 Å². The number of rotatable bonds is 5. The Morgan fingerprint density at radius 1 is 1.10 bits per heavy atom. The van der Waals surface area contributed by atoms with E-state index in [0.717, 1.165) is 41.4 Å². The van der Waals surface area contributed by atoms with Crippen LogP contribution in [-0.4, -0.2) is 39.7 Å². The van der Waals surface area contributed by atoms with E-state index in [1.165, 1.54) is 0 Å². The van der Waals surface area contributed by atoms with Crippen LogP contribution in [0.4, 0.5) is 0 Å². The van der Waals surface area contributed by atoms with E-state index in [0.29, 0.717) is 13.0 Å². The number of aromatic nitrogens is 2. The topological polar surface area (TPSA) is 59.4 Å². The van der Waals surface area contributed by atoms with Gasteiger partial charge in [0.15, 0.2) is 0 Å². The van der Waals surface area contributed by atoms with Crippen LogP contribution in [0.1, 0.15) is 18.9 Å². The van der Waals surface area contributed by atoms with E-state index in [1.54, 1.807) is 0 Å². The van der Waals surface area contributed by atoms with Crippen molar-refractivity contribution in [1.29, 1.82) is 0 Å². The summed E-state index contributed by atoms with van der Waals surface area (Å²) in [6.45, 7) is 4.35. The van der Waals surface area contributed by atoms with Crippen LogP contribution >= 0.6 is 0 Å². The SMILES string of the molecule is CC1CNC(=O)CCN1Cc1cn(C)nc1-c1ccc(Oc2ccccc2)cc1. The van der Waals surface area contributed by atoms with Crippen LogP contribution in [0, 0.1) is 0 Å². The molecule has 0 saturated carbocycles. The third-order valence-electron chi connectivity index (χ3n) is 5.23. The van der Waals surface area contributed by atoms with E-state index in [9.17, 15) is 4.79 Å². The highest BCUT2D eigenvalue weighted by Crippen LogP contribution is 2.28. The molecule has 1 fully saturated rings. The van der Waals surface area contributed by atoms with Crippen LogP contribution in [0.5, 0.6) is 11.5 Å². The van der Waals surface area contributed by atoms with Crippen molar-refractivity contribution in [2.45, 2.75) is 25.9 Å². The molecule has 150 valence electrons. The summed E-state index contributed by atoms with van der Waals surface area (Å²) in [5, 5.41) is 7.66. The molecular weight excluding hydrogens is 364 g/mol. The van der Waals surface area contributed by atoms with Gasteiger partial charge < -0.3 is 10.1 Å². The second-order valence-electron chi connectivity index (χ2n) is 7.49. The fourth-order valence-electron chi connectivity index (χ4n) is 3.60. The summed E-state index contributed by atoms with van der Waals surface area (Å²) >= 11 is 0. The Balaban J connectivity index is 1.52. The fraction of sp³-hybridized carbons (Fsp3) is 0.304. The molecule has 1 atom stereocenters. The molecule has 2 heterocycles. The number of nitrogens with zero attached hydrogens (tertiary/aromatic N) is 3. The second-order valence-corrected chi connectivity index (χ2v) is 7.49. The molecule has 3 aromatic rings. The van der Waals surface area contributed by atoms with E-state index >= 15 is 0 Å². The molecule has 29 heavy (non-hydrogen) atoms. The molecule has 1 N–H and O–H groups in total. The number of para-hydroxylation sites is 1. The van der Waals surface area contributed by atoms with Crippen LogP contribution in [0.2, 0.25) is 0 Å². The van der Waals surface area contributed by atoms with Gasteiger partial charge in [0.2, 0.25) is 5.91 Å². The van der Waals surface area contributed by atoms with Gasteiger partial charge in [-0.3, -0.25) is 14.4 Å². The highest BCUT2D eigenvalue weighted by Gasteiger charge is 2.22. The predicted molar refractivity (Wildman–Crippen MR) is 113 cm³/mol. The van der Waals surface area contributed by atoms with Crippen molar-refractivity contribution < 1.29 is 9.53 Å². The first-order chi connectivity index (χ1) is 14.1. The third kappa shape index (κ3) is 4.66. The maximum Gasteiger partial charge on any atom is 0.221 e. The summed E-state index contributed by atoms with van der Waals surface area (Å²) in [5.41, 5.74) is 3.18. The van der Waals surface area contributed by atoms with Gasteiger partial charge >= 0.3 is 0 Å². The van der Waals surface area contributed by atoms with E-state index < -0.39 is 0 Å².